The van der Waals surface area contributed by atoms with Gasteiger partial charge in [0.2, 0.25) is 6.35 Å². The molecule has 11 heteroatoms. The van der Waals surface area contributed by atoms with Gasteiger partial charge in [-0.15, -0.1) is 0 Å². The Morgan fingerprint density at radius 2 is 1.66 bits per heavy atom. The molecule has 212 valence electrons. The molecule has 2 rings (SSSR count). The van der Waals surface area contributed by atoms with Crippen molar-refractivity contribution in [3.8, 4) is 0 Å². The number of nitrogens with zero attached hydrogens (tertiary/aromatic N) is 3. The molecule has 2 N–H and O–H groups in total. The molecule has 0 aliphatic carbocycles. The van der Waals surface area contributed by atoms with Crippen molar-refractivity contribution in [2.24, 2.45) is 0 Å². The van der Waals surface area contributed by atoms with Crippen molar-refractivity contribution in [3.63, 3.8) is 0 Å². The zero-order chi connectivity index (χ0) is 29.2. The van der Waals surface area contributed by atoms with Crippen LogP contribution in [-0.2, 0) is 9.47 Å². The lowest BCUT2D eigenvalue weighted by molar-refractivity contribution is -0.189. The Labute approximate surface area is 224 Å². The summed E-state index contributed by atoms with van der Waals surface area (Å²) in [4.78, 5) is 42.4. The number of hydrogen-bond acceptors (Lipinski definition) is 7. The summed E-state index contributed by atoms with van der Waals surface area (Å²) in [6.07, 6.45) is -3.80. The third-order valence-electron chi connectivity index (χ3n) is 6.41. The number of benzene rings is 1. The molecule has 0 radical (unpaired) electrons. The molecule has 1 aromatic carbocycles. The van der Waals surface area contributed by atoms with E-state index in [9.17, 15) is 18.8 Å². The lowest BCUT2D eigenvalue weighted by atomic mass is 9.88. The van der Waals surface area contributed by atoms with Gasteiger partial charge in [0.15, 0.2) is 5.88 Å². The van der Waals surface area contributed by atoms with Gasteiger partial charge >= 0.3 is 12.2 Å². The van der Waals surface area contributed by atoms with Gasteiger partial charge in [0.25, 0.3) is 5.91 Å². The first-order valence-electron chi connectivity index (χ1n) is 12.6. The highest BCUT2D eigenvalue weighted by Crippen LogP contribution is 2.44. The summed E-state index contributed by atoms with van der Waals surface area (Å²) < 4.78 is 26.4. The zero-order valence-electron chi connectivity index (χ0n) is 24.0. The highest BCUT2D eigenvalue weighted by Gasteiger charge is 2.50. The molecule has 0 bridgehead atoms. The fourth-order valence-electron chi connectivity index (χ4n) is 4.89. The molecule has 0 saturated carbocycles. The van der Waals surface area contributed by atoms with Crippen LogP contribution in [0.2, 0.25) is 0 Å². The number of halogens is 1. The second-order valence-corrected chi connectivity index (χ2v) is 11.0. The van der Waals surface area contributed by atoms with Gasteiger partial charge in [0, 0.05) is 46.9 Å². The molecule has 1 aliphatic heterocycles. The van der Waals surface area contributed by atoms with Crippen molar-refractivity contribution in [3.05, 3.63) is 41.0 Å². The normalized spacial score (nSPS) is 18.8. The van der Waals surface area contributed by atoms with Crippen LogP contribution in [0.25, 0.3) is 5.57 Å². The Morgan fingerprint density at radius 3 is 2.11 bits per heavy atom. The number of hydrogen-bond donors (Lipinski definition) is 2. The Hall–Kier alpha value is -3.34. The molecule has 2 atom stereocenters. The Balaban J connectivity index is 2.94. The fraction of sp³-hybridized carbons (Fsp3) is 0.593. The van der Waals surface area contributed by atoms with Crippen LogP contribution in [0.3, 0.4) is 0 Å². The minimum Gasteiger partial charge on any atom is -0.482 e. The minimum atomic E-state index is -1.55. The van der Waals surface area contributed by atoms with Crippen molar-refractivity contribution in [2.45, 2.75) is 85.8 Å². The summed E-state index contributed by atoms with van der Waals surface area (Å²) in [7, 11) is 1.45. The third kappa shape index (κ3) is 6.38. The first-order chi connectivity index (χ1) is 17.5. The quantitative estimate of drug-likeness (QED) is 0.527. The number of methoxy groups -OCH3 is 1. The van der Waals surface area contributed by atoms with Crippen LogP contribution in [0.5, 0.6) is 0 Å². The van der Waals surface area contributed by atoms with E-state index in [4.69, 9.17) is 14.6 Å². The van der Waals surface area contributed by atoms with Gasteiger partial charge in [-0.25, -0.2) is 24.2 Å². The Bertz CT molecular complexity index is 1090. The molecular formula is C27H41FN4O6. The van der Waals surface area contributed by atoms with Gasteiger partial charge in [-0.1, -0.05) is 0 Å². The number of imide groups is 1. The van der Waals surface area contributed by atoms with E-state index in [0.29, 0.717) is 29.8 Å². The highest BCUT2D eigenvalue weighted by molar-refractivity contribution is 6.00. The Kier molecular flexibility index (Phi) is 9.42. The third-order valence-corrected chi connectivity index (χ3v) is 6.41. The predicted octanol–water partition coefficient (Wildman–Crippen LogP) is 4.91. The molecule has 1 aromatic rings. The second-order valence-electron chi connectivity index (χ2n) is 11.0. The monoisotopic (exact) mass is 536 g/mol. The average Bonchev–Trinajstić information content (AvgIpc) is 2.76. The largest absolute Gasteiger partial charge is 0.482 e. The molecule has 38 heavy (non-hydrogen) atoms. The molecule has 0 fully saturated rings. The number of ether oxygens (including phenoxy) is 2. The molecule has 2 unspecified atom stereocenters. The molecule has 10 nitrogen and oxygen atoms in total. The first-order valence-corrected chi connectivity index (χ1v) is 12.6. The van der Waals surface area contributed by atoms with Crippen LogP contribution < -0.4 is 5.32 Å². The molecule has 0 spiro atoms. The molecule has 1 aliphatic rings. The van der Waals surface area contributed by atoms with E-state index in [2.05, 4.69) is 0 Å². The first kappa shape index (κ1) is 30.9. The minimum absolute atomic E-state index is 0.246. The lowest BCUT2D eigenvalue weighted by Gasteiger charge is -2.56. The maximum absolute atomic E-state index is 14.8. The van der Waals surface area contributed by atoms with Crippen molar-refractivity contribution in [2.75, 3.05) is 20.2 Å². The summed E-state index contributed by atoms with van der Waals surface area (Å²) in [6.45, 7) is 17.9. The summed E-state index contributed by atoms with van der Waals surface area (Å²) in [5.74, 6) is -0.489. The van der Waals surface area contributed by atoms with Crippen LogP contribution in [0, 0.1) is 5.82 Å². The predicted molar refractivity (Wildman–Crippen MR) is 142 cm³/mol. The maximum Gasteiger partial charge on any atom is 0.419 e. The van der Waals surface area contributed by atoms with E-state index in [1.165, 1.54) is 25.3 Å². The van der Waals surface area contributed by atoms with E-state index >= 15 is 0 Å². The van der Waals surface area contributed by atoms with Crippen LogP contribution in [-0.4, -0.2) is 81.6 Å². The molecule has 3 amide bonds. The van der Waals surface area contributed by atoms with E-state index in [0.717, 1.165) is 0 Å². The van der Waals surface area contributed by atoms with Crippen molar-refractivity contribution in [1.29, 1.82) is 0 Å². The van der Waals surface area contributed by atoms with Gasteiger partial charge in [-0.2, -0.15) is 0 Å². The van der Waals surface area contributed by atoms with Crippen molar-refractivity contribution >= 4 is 23.7 Å². The van der Waals surface area contributed by atoms with E-state index in [-0.39, 0.29) is 11.8 Å². The van der Waals surface area contributed by atoms with Crippen LogP contribution in [0.15, 0.2) is 24.1 Å². The standard InChI is InChI=1S/C27H41FN4O6/c1-11-30(12-2)21(33)18-14-13-17(28)15-19(18)20-16(3)31(26(4,5)6)25(38-24(36)29-23(34)35)32(22(20)37-10)27(7,8)9/h13-16,25H,11-12H2,1-10H3,(H,29,36)(H,34,35). The topological polar surface area (TPSA) is 112 Å². The SMILES string of the molecule is CCN(CC)C(=O)c1ccc(F)cc1C1=C(OC)N(C(C)(C)C)C(OC(=O)NC(=O)O)N(C(C)(C)C)C1C. The van der Waals surface area contributed by atoms with Crippen LogP contribution in [0.4, 0.5) is 14.0 Å². The zero-order valence-corrected chi connectivity index (χ0v) is 24.0. The van der Waals surface area contributed by atoms with Gasteiger partial charge in [-0.3, -0.25) is 9.69 Å². The number of alkyl carbamates (subject to hydrolysis) is 1. The van der Waals surface area contributed by atoms with Gasteiger partial charge in [0.1, 0.15) is 5.82 Å². The van der Waals surface area contributed by atoms with Gasteiger partial charge in [0.05, 0.1) is 7.11 Å². The smallest absolute Gasteiger partial charge is 0.419 e. The van der Waals surface area contributed by atoms with Gasteiger partial charge in [-0.05, 0) is 80.5 Å². The number of carbonyl (C=O) groups excluding carboxylic acids is 2. The van der Waals surface area contributed by atoms with E-state index < -0.39 is 41.5 Å². The van der Waals surface area contributed by atoms with E-state index in [1.807, 2.05) is 67.2 Å². The second kappa shape index (κ2) is 11.6. The molecule has 1 heterocycles. The summed E-state index contributed by atoms with van der Waals surface area (Å²) in [6, 6.07) is 3.49. The highest BCUT2D eigenvalue weighted by atomic mass is 19.1. The van der Waals surface area contributed by atoms with Crippen LogP contribution in [0.1, 0.15) is 78.2 Å². The van der Waals surface area contributed by atoms with Crippen molar-refractivity contribution < 1.29 is 33.4 Å². The summed E-state index contributed by atoms with van der Waals surface area (Å²) in [5.41, 5.74) is -0.158. The summed E-state index contributed by atoms with van der Waals surface area (Å²) in [5, 5.41) is 10.8. The lowest BCUT2D eigenvalue weighted by Crippen LogP contribution is -2.67. The van der Waals surface area contributed by atoms with Gasteiger partial charge < -0.3 is 19.5 Å². The van der Waals surface area contributed by atoms with Crippen molar-refractivity contribution in [1.82, 2.24) is 20.0 Å². The average molecular weight is 537 g/mol. The summed E-state index contributed by atoms with van der Waals surface area (Å²) >= 11 is 0. The van der Waals surface area contributed by atoms with Crippen LogP contribution >= 0.6 is 0 Å². The Morgan fingerprint density at radius 1 is 1.08 bits per heavy atom. The molecular weight excluding hydrogens is 495 g/mol. The van der Waals surface area contributed by atoms with E-state index in [1.54, 1.807) is 15.1 Å². The number of amides is 3. The maximum atomic E-state index is 14.8. The molecule has 0 aromatic heterocycles. The number of nitrogens with one attached hydrogen (secondary N) is 1. The number of carbonyl (C=O) groups is 3. The molecule has 0 saturated heterocycles. The number of carboxylic acid groups (broad SMARTS) is 1. The number of rotatable bonds is 6. The fourth-order valence-corrected chi connectivity index (χ4v) is 4.89.